The number of H-pyrrole nitrogens is 1. The van der Waals surface area contributed by atoms with Gasteiger partial charge in [-0.25, -0.2) is 4.98 Å². The smallest absolute Gasteiger partial charge is 0.126 e. The Morgan fingerprint density at radius 3 is 2.46 bits per heavy atom. The van der Waals surface area contributed by atoms with Gasteiger partial charge in [0.05, 0.1) is 6.04 Å². The molecule has 2 N–H and O–H groups in total. The third-order valence-electron chi connectivity index (χ3n) is 4.62. The van der Waals surface area contributed by atoms with Crippen LogP contribution in [0.3, 0.4) is 0 Å². The molecule has 4 aromatic rings. The van der Waals surface area contributed by atoms with Crippen molar-refractivity contribution in [1.29, 1.82) is 0 Å². The van der Waals surface area contributed by atoms with Gasteiger partial charge < -0.3 is 10.3 Å². The molecule has 0 aliphatic carbocycles. The minimum Gasteiger partial charge on any atom is -0.359 e. The number of benzene rings is 2. The van der Waals surface area contributed by atoms with E-state index < -0.39 is 0 Å². The van der Waals surface area contributed by atoms with Gasteiger partial charge in [0.25, 0.3) is 0 Å². The largest absolute Gasteiger partial charge is 0.359 e. The zero-order chi connectivity index (χ0) is 18.1. The molecule has 0 saturated carbocycles. The first-order chi connectivity index (χ1) is 12.6. The second-order valence-electron chi connectivity index (χ2n) is 6.50. The molecule has 2 aromatic heterocycles. The zero-order valence-electron chi connectivity index (χ0n) is 14.8. The fraction of sp³-hybridized carbons (Fsp3) is 0.136. The highest BCUT2D eigenvalue weighted by Gasteiger charge is 2.21. The first-order valence-electron chi connectivity index (χ1n) is 8.64. The Bertz CT molecular complexity index is 1050. The summed E-state index contributed by atoms with van der Waals surface area (Å²) < 4.78 is 0. The van der Waals surface area contributed by atoms with Crippen LogP contribution in [0.15, 0.2) is 66.7 Å². The molecule has 0 radical (unpaired) electrons. The summed E-state index contributed by atoms with van der Waals surface area (Å²) in [6, 6.07) is 22.4. The van der Waals surface area contributed by atoms with E-state index in [-0.39, 0.29) is 6.04 Å². The van der Waals surface area contributed by atoms with Crippen molar-refractivity contribution >= 4 is 28.3 Å². The molecule has 2 aromatic carbocycles. The van der Waals surface area contributed by atoms with E-state index in [0.29, 0.717) is 0 Å². The number of para-hydroxylation sites is 1. The lowest BCUT2D eigenvalue weighted by atomic mass is 9.96. The van der Waals surface area contributed by atoms with Gasteiger partial charge >= 0.3 is 0 Å². The Balaban J connectivity index is 1.87. The third-order valence-corrected chi connectivity index (χ3v) is 4.87. The van der Waals surface area contributed by atoms with Gasteiger partial charge in [0.15, 0.2) is 0 Å². The maximum absolute atomic E-state index is 6.11. The van der Waals surface area contributed by atoms with Crippen LogP contribution in [0.25, 0.3) is 10.9 Å². The highest BCUT2D eigenvalue weighted by atomic mass is 35.5. The summed E-state index contributed by atoms with van der Waals surface area (Å²) in [7, 11) is 0. The first-order valence-corrected chi connectivity index (χ1v) is 9.02. The molecular weight excluding hydrogens is 342 g/mol. The van der Waals surface area contributed by atoms with E-state index in [2.05, 4.69) is 58.6 Å². The Morgan fingerprint density at radius 1 is 0.923 bits per heavy atom. The van der Waals surface area contributed by atoms with Crippen molar-refractivity contribution in [2.45, 2.75) is 19.9 Å². The number of aromatic amines is 1. The minimum atomic E-state index is -0.0299. The third kappa shape index (κ3) is 3.18. The van der Waals surface area contributed by atoms with Crippen molar-refractivity contribution < 1.29 is 0 Å². The molecule has 4 rings (SSSR count). The highest BCUT2D eigenvalue weighted by molar-refractivity contribution is 6.30. The maximum Gasteiger partial charge on any atom is 0.126 e. The van der Waals surface area contributed by atoms with E-state index in [1.54, 1.807) is 0 Å². The van der Waals surface area contributed by atoms with E-state index >= 15 is 0 Å². The Morgan fingerprint density at radius 2 is 1.69 bits per heavy atom. The van der Waals surface area contributed by atoms with E-state index in [1.165, 1.54) is 10.9 Å². The number of fused-ring (bicyclic) bond motifs is 1. The first kappa shape index (κ1) is 16.7. The van der Waals surface area contributed by atoms with Crippen molar-refractivity contribution in [3.8, 4) is 0 Å². The van der Waals surface area contributed by atoms with Gasteiger partial charge in [-0.2, -0.15) is 0 Å². The lowest BCUT2D eigenvalue weighted by molar-refractivity contribution is 0.918. The molecule has 0 unspecified atom stereocenters. The number of aromatic nitrogens is 2. The molecule has 0 aliphatic rings. The van der Waals surface area contributed by atoms with Crippen molar-refractivity contribution in [2.75, 3.05) is 5.32 Å². The normalized spacial score (nSPS) is 12.3. The van der Waals surface area contributed by atoms with Crippen LogP contribution in [-0.4, -0.2) is 9.97 Å². The molecule has 130 valence electrons. The molecular formula is C22H20ClN3. The monoisotopic (exact) mass is 361 g/mol. The van der Waals surface area contributed by atoms with Gasteiger partial charge in [-0.3, -0.25) is 0 Å². The molecule has 1 atom stereocenters. The fourth-order valence-electron chi connectivity index (χ4n) is 3.42. The quantitative estimate of drug-likeness (QED) is 0.465. The minimum absolute atomic E-state index is 0.0299. The Labute approximate surface area is 158 Å². The second kappa shape index (κ2) is 6.85. The predicted octanol–water partition coefficient (Wildman–Crippen LogP) is 6.03. The average molecular weight is 362 g/mol. The predicted molar refractivity (Wildman–Crippen MR) is 109 cm³/mol. The summed E-state index contributed by atoms with van der Waals surface area (Å²) >= 11 is 6.11. The highest BCUT2D eigenvalue weighted by Crippen LogP contribution is 2.34. The van der Waals surface area contributed by atoms with Gasteiger partial charge in [-0.1, -0.05) is 48.0 Å². The molecule has 2 heterocycles. The van der Waals surface area contributed by atoms with Crippen LogP contribution in [0.1, 0.15) is 28.6 Å². The van der Waals surface area contributed by atoms with E-state index in [9.17, 15) is 0 Å². The van der Waals surface area contributed by atoms with Crippen LogP contribution >= 0.6 is 11.6 Å². The standard InChI is InChI=1S/C22H20ClN3/c1-14-6-5-9-20(24-14)26-22(16-10-12-17(23)13-11-16)21-15(2)25-19-8-4-3-7-18(19)21/h3-13,22,25H,1-2H3,(H,24,26)/t22-/m0/s1. The molecule has 0 aliphatic heterocycles. The molecule has 0 fully saturated rings. The second-order valence-corrected chi connectivity index (χ2v) is 6.94. The van der Waals surface area contributed by atoms with Gasteiger partial charge in [0, 0.05) is 32.9 Å². The molecule has 0 spiro atoms. The fourth-order valence-corrected chi connectivity index (χ4v) is 3.55. The van der Waals surface area contributed by atoms with Crippen molar-refractivity contribution in [3.05, 3.63) is 94.3 Å². The number of anilines is 1. The molecule has 0 bridgehead atoms. The number of pyridine rings is 1. The number of hydrogen-bond donors (Lipinski definition) is 2. The van der Waals surface area contributed by atoms with Gasteiger partial charge in [0.2, 0.25) is 0 Å². The summed E-state index contributed by atoms with van der Waals surface area (Å²) in [5, 5.41) is 5.56. The number of nitrogens with one attached hydrogen (secondary N) is 2. The summed E-state index contributed by atoms with van der Waals surface area (Å²) in [4.78, 5) is 8.13. The molecule has 26 heavy (non-hydrogen) atoms. The number of hydrogen-bond acceptors (Lipinski definition) is 2. The summed E-state index contributed by atoms with van der Waals surface area (Å²) in [6.45, 7) is 4.11. The van der Waals surface area contributed by atoms with E-state index in [1.807, 2.05) is 37.3 Å². The van der Waals surface area contributed by atoms with Crippen LogP contribution in [0.5, 0.6) is 0 Å². The molecule has 3 nitrogen and oxygen atoms in total. The molecule has 0 amide bonds. The number of aryl methyl sites for hydroxylation is 2. The molecule has 0 saturated heterocycles. The van der Waals surface area contributed by atoms with Crippen LogP contribution in [0.4, 0.5) is 5.82 Å². The SMILES string of the molecule is Cc1cccc(N[C@@H](c2ccc(Cl)cc2)c2c(C)[nH]c3ccccc23)n1. The average Bonchev–Trinajstić information content (AvgIpc) is 2.96. The van der Waals surface area contributed by atoms with Crippen LogP contribution < -0.4 is 5.32 Å². The van der Waals surface area contributed by atoms with Gasteiger partial charge in [-0.15, -0.1) is 0 Å². The van der Waals surface area contributed by atoms with Crippen LogP contribution in [0, 0.1) is 13.8 Å². The van der Waals surface area contributed by atoms with Crippen molar-refractivity contribution in [3.63, 3.8) is 0 Å². The Hall–Kier alpha value is -2.78. The summed E-state index contributed by atoms with van der Waals surface area (Å²) in [6.07, 6.45) is 0. The summed E-state index contributed by atoms with van der Waals surface area (Å²) in [5.74, 6) is 0.856. The van der Waals surface area contributed by atoms with Gasteiger partial charge in [0.1, 0.15) is 5.82 Å². The zero-order valence-corrected chi connectivity index (χ0v) is 15.5. The topological polar surface area (TPSA) is 40.7 Å². The number of halogens is 1. The lowest BCUT2D eigenvalue weighted by Crippen LogP contribution is -2.14. The number of rotatable bonds is 4. The maximum atomic E-state index is 6.11. The summed E-state index contributed by atoms with van der Waals surface area (Å²) in [5.41, 5.74) is 5.64. The van der Waals surface area contributed by atoms with Gasteiger partial charge in [-0.05, 0) is 49.7 Å². The van der Waals surface area contributed by atoms with Crippen LogP contribution in [0.2, 0.25) is 5.02 Å². The van der Waals surface area contributed by atoms with E-state index in [0.717, 1.165) is 33.3 Å². The van der Waals surface area contributed by atoms with Crippen molar-refractivity contribution in [1.82, 2.24) is 9.97 Å². The van der Waals surface area contributed by atoms with E-state index in [4.69, 9.17) is 11.6 Å². The van der Waals surface area contributed by atoms with Crippen molar-refractivity contribution in [2.24, 2.45) is 0 Å². The van der Waals surface area contributed by atoms with Crippen LogP contribution in [-0.2, 0) is 0 Å². The molecule has 4 heteroatoms. The lowest BCUT2D eigenvalue weighted by Gasteiger charge is -2.21. The Kier molecular flexibility index (Phi) is 4.39. The number of nitrogens with zero attached hydrogens (tertiary/aromatic N) is 1.